The predicted molar refractivity (Wildman–Crippen MR) is 65.6 cm³/mol. The molecule has 1 aliphatic carbocycles. The van der Waals surface area contributed by atoms with Gasteiger partial charge in [0.05, 0.1) is 0 Å². The molecule has 0 aliphatic heterocycles. The largest absolute Gasteiger partial charge is 0.509 e. The zero-order valence-corrected chi connectivity index (χ0v) is 11.6. The van der Waals surface area contributed by atoms with Crippen LogP contribution in [0.3, 0.4) is 0 Å². The summed E-state index contributed by atoms with van der Waals surface area (Å²) < 4.78 is 36.4. The van der Waals surface area contributed by atoms with Crippen molar-refractivity contribution in [2.24, 2.45) is 5.92 Å². The third-order valence-corrected chi connectivity index (χ3v) is 3.29. The fourth-order valence-electron chi connectivity index (χ4n) is 2.20. The number of alkyl halides is 2. The summed E-state index contributed by atoms with van der Waals surface area (Å²) >= 11 is 0. The van der Waals surface area contributed by atoms with E-state index in [-0.39, 0.29) is 6.10 Å². The van der Waals surface area contributed by atoms with Gasteiger partial charge in [0.2, 0.25) is 0 Å². The standard InChI is InChI=1S/C13H20F2O5/c1-8(2)10(13(14,15)11(16)17)20-12(18)19-9-6-4-3-5-7-9/h8-10H,3-7H2,1-2H3,(H,16,17). The Bertz CT molecular complexity index is 351. The van der Waals surface area contributed by atoms with Crippen molar-refractivity contribution in [1.29, 1.82) is 0 Å². The number of rotatable bonds is 5. The highest BCUT2D eigenvalue weighted by atomic mass is 19.3. The van der Waals surface area contributed by atoms with Crippen LogP contribution in [0.4, 0.5) is 13.6 Å². The number of carboxylic acids is 1. The van der Waals surface area contributed by atoms with Gasteiger partial charge in [0, 0.05) is 0 Å². The van der Waals surface area contributed by atoms with Gasteiger partial charge in [0.1, 0.15) is 6.10 Å². The van der Waals surface area contributed by atoms with E-state index in [0.29, 0.717) is 12.8 Å². The lowest BCUT2D eigenvalue weighted by molar-refractivity contribution is -0.190. The molecule has 0 radical (unpaired) electrons. The molecule has 1 N–H and O–H groups in total. The third kappa shape index (κ3) is 4.31. The maximum absolute atomic E-state index is 13.5. The Balaban J connectivity index is 2.61. The predicted octanol–water partition coefficient (Wildman–Crippen LogP) is 3.22. The summed E-state index contributed by atoms with van der Waals surface area (Å²) in [6.45, 7) is 2.71. The lowest BCUT2D eigenvalue weighted by atomic mass is 9.98. The van der Waals surface area contributed by atoms with Gasteiger partial charge >= 0.3 is 18.0 Å². The second-order valence-electron chi connectivity index (χ2n) is 5.34. The monoisotopic (exact) mass is 294 g/mol. The molecule has 1 atom stereocenters. The molecule has 1 rings (SSSR count). The van der Waals surface area contributed by atoms with Crippen LogP contribution in [0.5, 0.6) is 0 Å². The number of ether oxygens (including phenoxy) is 2. The summed E-state index contributed by atoms with van der Waals surface area (Å²) in [5.74, 6) is -7.30. The van der Waals surface area contributed by atoms with Crippen molar-refractivity contribution in [3.8, 4) is 0 Å². The van der Waals surface area contributed by atoms with Crippen LogP contribution in [0, 0.1) is 5.92 Å². The van der Waals surface area contributed by atoms with Crippen LogP contribution in [0.15, 0.2) is 0 Å². The highest BCUT2D eigenvalue weighted by Crippen LogP contribution is 2.28. The van der Waals surface area contributed by atoms with E-state index < -0.39 is 30.1 Å². The van der Waals surface area contributed by atoms with Gasteiger partial charge in [-0.2, -0.15) is 8.78 Å². The van der Waals surface area contributed by atoms with Crippen molar-refractivity contribution in [1.82, 2.24) is 0 Å². The maximum Gasteiger partial charge on any atom is 0.509 e. The molecule has 1 fully saturated rings. The third-order valence-electron chi connectivity index (χ3n) is 3.29. The first-order valence-corrected chi connectivity index (χ1v) is 6.73. The van der Waals surface area contributed by atoms with Crippen molar-refractivity contribution in [2.75, 3.05) is 0 Å². The molecule has 7 heteroatoms. The Morgan fingerprint density at radius 3 is 2.20 bits per heavy atom. The van der Waals surface area contributed by atoms with E-state index >= 15 is 0 Å². The quantitative estimate of drug-likeness (QED) is 0.788. The highest BCUT2D eigenvalue weighted by molar-refractivity contribution is 5.76. The van der Waals surface area contributed by atoms with Crippen LogP contribution < -0.4 is 0 Å². The number of hydrogen-bond acceptors (Lipinski definition) is 4. The normalized spacial score (nSPS) is 18.6. The van der Waals surface area contributed by atoms with E-state index in [1.165, 1.54) is 13.8 Å². The highest BCUT2D eigenvalue weighted by Gasteiger charge is 2.52. The van der Waals surface area contributed by atoms with Crippen LogP contribution in [0.1, 0.15) is 46.0 Å². The van der Waals surface area contributed by atoms with Crippen LogP contribution in [-0.4, -0.2) is 35.4 Å². The van der Waals surface area contributed by atoms with Gasteiger partial charge in [-0.15, -0.1) is 0 Å². The molecule has 1 unspecified atom stereocenters. The lowest BCUT2D eigenvalue weighted by Gasteiger charge is -2.28. The first kappa shape index (κ1) is 16.7. The van der Waals surface area contributed by atoms with Gasteiger partial charge in [-0.3, -0.25) is 0 Å². The van der Waals surface area contributed by atoms with E-state index in [9.17, 15) is 18.4 Å². The molecule has 0 aromatic carbocycles. The maximum atomic E-state index is 13.5. The molecule has 0 heterocycles. The molecule has 1 saturated carbocycles. The summed E-state index contributed by atoms with van der Waals surface area (Å²) in [5, 5.41) is 8.51. The molecule has 0 aromatic heterocycles. The van der Waals surface area contributed by atoms with Crippen LogP contribution in [0.2, 0.25) is 0 Å². The Labute approximate surface area is 116 Å². The van der Waals surface area contributed by atoms with Gasteiger partial charge in [-0.25, -0.2) is 9.59 Å². The van der Waals surface area contributed by atoms with E-state index in [4.69, 9.17) is 9.84 Å². The molecule has 1 aliphatic rings. The van der Waals surface area contributed by atoms with Crippen molar-refractivity contribution in [3.05, 3.63) is 0 Å². The van der Waals surface area contributed by atoms with Gasteiger partial charge in [-0.1, -0.05) is 20.3 Å². The van der Waals surface area contributed by atoms with Crippen molar-refractivity contribution < 1.29 is 33.0 Å². The molecule has 116 valence electrons. The van der Waals surface area contributed by atoms with E-state index in [1.807, 2.05) is 0 Å². The number of carbonyl (C=O) groups excluding carboxylic acids is 1. The molecule has 0 bridgehead atoms. The molecule has 5 nitrogen and oxygen atoms in total. The molecule has 0 amide bonds. The van der Waals surface area contributed by atoms with Gasteiger partial charge in [0.15, 0.2) is 6.10 Å². The minimum absolute atomic E-state index is 0.331. The fourth-order valence-corrected chi connectivity index (χ4v) is 2.20. The summed E-state index contributed by atoms with van der Waals surface area (Å²) in [6, 6.07) is 0. The van der Waals surface area contributed by atoms with Crippen LogP contribution in [0.25, 0.3) is 0 Å². The smallest absolute Gasteiger partial charge is 0.477 e. The molecular formula is C13H20F2O5. The lowest BCUT2D eigenvalue weighted by Crippen LogP contribution is -2.47. The summed E-state index contributed by atoms with van der Waals surface area (Å²) in [4.78, 5) is 22.1. The molecule has 0 aromatic rings. The second-order valence-corrected chi connectivity index (χ2v) is 5.34. The average molecular weight is 294 g/mol. The fraction of sp³-hybridized carbons (Fsp3) is 0.846. The van der Waals surface area contributed by atoms with Crippen LogP contribution in [-0.2, 0) is 14.3 Å². The number of carboxylic acid groups (broad SMARTS) is 1. The Morgan fingerprint density at radius 1 is 1.20 bits per heavy atom. The van der Waals surface area contributed by atoms with E-state index in [2.05, 4.69) is 4.74 Å². The summed E-state index contributed by atoms with van der Waals surface area (Å²) in [5.41, 5.74) is 0. The van der Waals surface area contributed by atoms with Gasteiger partial charge < -0.3 is 14.6 Å². The molecule has 0 saturated heterocycles. The molecule has 0 spiro atoms. The zero-order chi connectivity index (χ0) is 15.3. The van der Waals surface area contributed by atoms with Crippen LogP contribution >= 0.6 is 0 Å². The zero-order valence-electron chi connectivity index (χ0n) is 11.6. The van der Waals surface area contributed by atoms with E-state index in [0.717, 1.165) is 19.3 Å². The minimum atomic E-state index is -4.14. The van der Waals surface area contributed by atoms with Crippen molar-refractivity contribution in [2.45, 2.75) is 64.1 Å². The van der Waals surface area contributed by atoms with Crippen molar-refractivity contribution >= 4 is 12.1 Å². The topological polar surface area (TPSA) is 72.8 Å². The minimum Gasteiger partial charge on any atom is -0.477 e. The first-order valence-electron chi connectivity index (χ1n) is 6.73. The number of aliphatic carboxylic acids is 1. The SMILES string of the molecule is CC(C)C(OC(=O)OC1CCCCC1)C(F)(F)C(=O)O. The Kier molecular flexibility index (Phi) is 5.71. The average Bonchev–Trinajstić information content (AvgIpc) is 2.36. The number of carbonyl (C=O) groups is 2. The number of halogens is 2. The number of hydrogen-bond donors (Lipinski definition) is 1. The van der Waals surface area contributed by atoms with Crippen molar-refractivity contribution in [3.63, 3.8) is 0 Å². The Morgan fingerprint density at radius 2 is 1.75 bits per heavy atom. The first-order chi connectivity index (χ1) is 9.25. The molecule has 20 heavy (non-hydrogen) atoms. The summed E-state index contributed by atoms with van der Waals surface area (Å²) in [6.07, 6.45) is 0.636. The summed E-state index contributed by atoms with van der Waals surface area (Å²) in [7, 11) is 0. The second kappa shape index (κ2) is 6.85. The van der Waals surface area contributed by atoms with Gasteiger partial charge in [0.25, 0.3) is 0 Å². The van der Waals surface area contributed by atoms with Gasteiger partial charge in [-0.05, 0) is 31.6 Å². The molecular weight excluding hydrogens is 274 g/mol. The Hall–Kier alpha value is -1.40. The van der Waals surface area contributed by atoms with E-state index in [1.54, 1.807) is 0 Å².